The van der Waals surface area contributed by atoms with Gasteiger partial charge in [-0.15, -0.1) is 0 Å². The highest BCUT2D eigenvalue weighted by Gasteiger charge is 2.33. The topological polar surface area (TPSA) is 82.7 Å². The predicted molar refractivity (Wildman–Crippen MR) is 88.4 cm³/mol. The minimum Gasteiger partial charge on any atom is -0.391 e. The van der Waals surface area contributed by atoms with Gasteiger partial charge in [0.25, 0.3) is 0 Å². The van der Waals surface area contributed by atoms with E-state index < -0.39 is 0 Å². The van der Waals surface area contributed by atoms with Crippen molar-refractivity contribution in [2.24, 2.45) is 0 Å². The molecule has 1 saturated heterocycles. The van der Waals surface area contributed by atoms with E-state index in [0.717, 1.165) is 64.1 Å². The van der Waals surface area contributed by atoms with Crippen molar-refractivity contribution in [2.45, 2.75) is 64.0 Å². The van der Waals surface area contributed by atoms with Crippen molar-refractivity contribution in [3.8, 4) is 0 Å². The van der Waals surface area contributed by atoms with Gasteiger partial charge in [0.05, 0.1) is 6.10 Å². The Bertz CT molecular complexity index is 540. The summed E-state index contributed by atoms with van der Waals surface area (Å²) in [5, 5.41) is 13.9. The summed E-state index contributed by atoms with van der Waals surface area (Å²) in [6.07, 6.45) is 5.62. The van der Waals surface area contributed by atoms with Gasteiger partial charge in [-0.25, -0.2) is 0 Å². The van der Waals surface area contributed by atoms with Crippen LogP contribution in [0.4, 0.5) is 0 Å². The van der Waals surface area contributed by atoms with Gasteiger partial charge >= 0.3 is 0 Å². The highest BCUT2D eigenvalue weighted by Crippen LogP contribution is 2.25. The summed E-state index contributed by atoms with van der Waals surface area (Å²) in [6.45, 7) is 5.27. The van der Waals surface area contributed by atoms with Crippen LogP contribution in [0.1, 0.15) is 50.7 Å². The molecular formula is C17H28N4O3. The first-order valence-electron chi connectivity index (χ1n) is 9.18. The van der Waals surface area contributed by atoms with Gasteiger partial charge in [0.2, 0.25) is 11.8 Å². The molecule has 1 aromatic heterocycles. The summed E-state index contributed by atoms with van der Waals surface area (Å²) in [5.41, 5.74) is 0. The number of hydrogen-bond donors (Lipinski definition) is 1. The molecule has 1 N–H and O–H groups in total. The van der Waals surface area contributed by atoms with E-state index in [9.17, 15) is 9.90 Å². The Morgan fingerprint density at radius 1 is 1.25 bits per heavy atom. The summed E-state index contributed by atoms with van der Waals surface area (Å²) < 4.78 is 5.18. The molecule has 3 rings (SSSR count). The van der Waals surface area contributed by atoms with Crippen molar-refractivity contribution < 1.29 is 14.4 Å². The van der Waals surface area contributed by atoms with Gasteiger partial charge in [-0.2, -0.15) is 4.98 Å². The number of aryl methyl sites for hydroxylation is 2. The standard InChI is InChI=1S/C17H28N4O3/c1-2-4-15-18-16(24-19-15)7-8-17(23)21-11-9-20(10-12-21)13-5-3-6-14(13)22/h13-14,22H,2-12H2,1H3. The third kappa shape index (κ3) is 4.13. The summed E-state index contributed by atoms with van der Waals surface area (Å²) in [7, 11) is 0. The molecule has 2 aliphatic rings. The number of aromatic nitrogens is 2. The van der Waals surface area contributed by atoms with E-state index in [1.54, 1.807) is 0 Å². The molecule has 1 aromatic rings. The van der Waals surface area contributed by atoms with Gasteiger partial charge in [-0.1, -0.05) is 12.1 Å². The number of hydrogen-bond acceptors (Lipinski definition) is 6. The van der Waals surface area contributed by atoms with Crippen molar-refractivity contribution >= 4 is 5.91 Å². The normalized spacial score (nSPS) is 25.3. The van der Waals surface area contributed by atoms with Crippen molar-refractivity contribution in [2.75, 3.05) is 26.2 Å². The van der Waals surface area contributed by atoms with Crippen LogP contribution in [-0.2, 0) is 17.6 Å². The van der Waals surface area contributed by atoms with Crippen LogP contribution >= 0.6 is 0 Å². The van der Waals surface area contributed by atoms with Crippen molar-refractivity contribution in [3.63, 3.8) is 0 Å². The summed E-state index contributed by atoms with van der Waals surface area (Å²) in [4.78, 5) is 20.9. The van der Waals surface area contributed by atoms with E-state index in [-0.39, 0.29) is 18.1 Å². The first-order valence-corrected chi connectivity index (χ1v) is 9.18. The molecule has 1 aliphatic heterocycles. The summed E-state index contributed by atoms with van der Waals surface area (Å²) in [6, 6.07) is 0.289. The van der Waals surface area contributed by atoms with Crippen molar-refractivity contribution in [1.29, 1.82) is 0 Å². The maximum atomic E-state index is 12.4. The molecule has 24 heavy (non-hydrogen) atoms. The van der Waals surface area contributed by atoms with E-state index >= 15 is 0 Å². The van der Waals surface area contributed by atoms with Crippen molar-refractivity contribution in [1.82, 2.24) is 19.9 Å². The van der Waals surface area contributed by atoms with Gasteiger partial charge in [0, 0.05) is 51.5 Å². The zero-order chi connectivity index (χ0) is 16.9. The summed E-state index contributed by atoms with van der Waals surface area (Å²) in [5.74, 6) is 1.43. The average molecular weight is 336 g/mol. The molecule has 2 atom stereocenters. The molecule has 2 unspecified atom stereocenters. The highest BCUT2D eigenvalue weighted by molar-refractivity contribution is 5.76. The van der Waals surface area contributed by atoms with E-state index in [1.807, 2.05) is 4.90 Å². The lowest BCUT2D eigenvalue weighted by Crippen LogP contribution is -2.53. The first kappa shape index (κ1) is 17.4. The van der Waals surface area contributed by atoms with Gasteiger partial charge in [0.15, 0.2) is 5.82 Å². The Balaban J connectivity index is 1.41. The third-order valence-electron chi connectivity index (χ3n) is 5.12. The highest BCUT2D eigenvalue weighted by atomic mass is 16.5. The predicted octanol–water partition coefficient (Wildman–Crippen LogP) is 1.01. The molecule has 0 radical (unpaired) electrons. The fourth-order valence-corrected chi connectivity index (χ4v) is 3.74. The van der Waals surface area contributed by atoms with Crippen LogP contribution in [0.2, 0.25) is 0 Å². The zero-order valence-corrected chi connectivity index (χ0v) is 14.5. The molecule has 7 nitrogen and oxygen atoms in total. The van der Waals surface area contributed by atoms with Crippen LogP contribution in [0.5, 0.6) is 0 Å². The minimum atomic E-state index is -0.193. The van der Waals surface area contributed by atoms with Gasteiger partial charge in [-0.05, 0) is 25.7 Å². The van der Waals surface area contributed by atoms with Gasteiger partial charge in [0.1, 0.15) is 0 Å². The lowest BCUT2D eigenvalue weighted by atomic mass is 10.1. The Morgan fingerprint density at radius 3 is 2.71 bits per heavy atom. The van der Waals surface area contributed by atoms with E-state index in [0.29, 0.717) is 18.7 Å². The fraction of sp³-hybridized carbons (Fsp3) is 0.824. The van der Waals surface area contributed by atoms with Crippen LogP contribution < -0.4 is 0 Å². The molecule has 1 saturated carbocycles. The molecule has 1 aliphatic carbocycles. The number of nitrogens with zero attached hydrogens (tertiary/aromatic N) is 4. The van der Waals surface area contributed by atoms with Crippen LogP contribution in [0, 0.1) is 0 Å². The Labute approximate surface area is 143 Å². The van der Waals surface area contributed by atoms with Crippen LogP contribution in [-0.4, -0.2) is 69.3 Å². The van der Waals surface area contributed by atoms with E-state index in [2.05, 4.69) is 22.0 Å². The van der Waals surface area contributed by atoms with E-state index in [4.69, 9.17) is 4.52 Å². The molecule has 134 valence electrons. The number of amides is 1. The average Bonchev–Trinajstić information content (AvgIpc) is 3.22. The van der Waals surface area contributed by atoms with Crippen LogP contribution in [0.25, 0.3) is 0 Å². The fourth-order valence-electron chi connectivity index (χ4n) is 3.74. The van der Waals surface area contributed by atoms with Crippen LogP contribution in [0.3, 0.4) is 0 Å². The SMILES string of the molecule is CCCc1noc(CCC(=O)N2CCN(C3CCCC3O)CC2)n1. The number of rotatable bonds is 6. The minimum absolute atomic E-state index is 0.150. The molecule has 2 fully saturated rings. The second-order valence-electron chi connectivity index (χ2n) is 6.84. The quantitative estimate of drug-likeness (QED) is 0.835. The lowest BCUT2D eigenvalue weighted by molar-refractivity contribution is -0.133. The number of piperazine rings is 1. The Hall–Kier alpha value is -1.47. The van der Waals surface area contributed by atoms with Gasteiger partial charge < -0.3 is 14.5 Å². The summed E-state index contributed by atoms with van der Waals surface area (Å²) >= 11 is 0. The largest absolute Gasteiger partial charge is 0.391 e. The number of aliphatic hydroxyl groups is 1. The third-order valence-corrected chi connectivity index (χ3v) is 5.12. The number of carbonyl (C=O) groups excluding carboxylic acids is 1. The maximum Gasteiger partial charge on any atom is 0.227 e. The molecule has 0 aromatic carbocycles. The zero-order valence-electron chi connectivity index (χ0n) is 14.5. The number of aliphatic hydroxyl groups excluding tert-OH is 1. The maximum absolute atomic E-state index is 12.4. The molecule has 7 heteroatoms. The second kappa shape index (κ2) is 8.07. The van der Waals surface area contributed by atoms with Gasteiger partial charge in [-0.3, -0.25) is 9.69 Å². The monoisotopic (exact) mass is 336 g/mol. The molecular weight excluding hydrogens is 308 g/mol. The molecule has 2 heterocycles. The smallest absolute Gasteiger partial charge is 0.227 e. The molecule has 0 bridgehead atoms. The number of carbonyl (C=O) groups is 1. The second-order valence-corrected chi connectivity index (χ2v) is 6.84. The molecule has 1 amide bonds. The lowest BCUT2D eigenvalue weighted by Gasteiger charge is -2.39. The Morgan fingerprint density at radius 2 is 2.04 bits per heavy atom. The van der Waals surface area contributed by atoms with Crippen molar-refractivity contribution in [3.05, 3.63) is 11.7 Å². The molecule has 0 spiro atoms. The van der Waals surface area contributed by atoms with E-state index in [1.165, 1.54) is 0 Å². The Kier molecular flexibility index (Phi) is 5.84. The van der Waals surface area contributed by atoms with Crippen LogP contribution in [0.15, 0.2) is 4.52 Å². The first-order chi connectivity index (χ1) is 11.7.